The molecular weight excluding hydrogens is 326 g/mol. The first kappa shape index (κ1) is 15.0. The van der Waals surface area contributed by atoms with Crippen LogP contribution in [0.15, 0.2) is 23.0 Å². The van der Waals surface area contributed by atoms with Crippen molar-refractivity contribution in [3.05, 3.63) is 28.7 Å². The summed E-state index contributed by atoms with van der Waals surface area (Å²) >= 11 is 1.56. The number of hydrogen-bond donors (Lipinski definition) is 2. The molecule has 0 radical (unpaired) electrons. The Morgan fingerprint density at radius 3 is 3.05 bits per heavy atom. The zero-order valence-corrected chi connectivity index (χ0v) is 13.2. The van der Waals surface area contributed by atoms with E-state index in [-0.39, 0.29) is 24.1 Å². The number of aromatic nitrogens is 3. The number of carbonyl (C=O) groups is 1. The van der Waals surface area contributed by atoms with Crippen LogP contribution in [0.1, 0.15) is 12.1 Å². The van der Waals surface area contributed by atoms with Crippen molar-refractivity contribution in [2.24, 2.45) is 0 Å². The van der Waals surface area contributed by atoms with E-state index in [9.17, 15) is 13.2 Å². The fraction of sp³-hybridized carbons (Fsp3) is 0.417. The van der Waals surface area contributed by atoms with Gasteiger partial charge >= 0.3 is 6.03 Å². The van der Waals surface area contributed by atoms with Crippen molar-refractivity contribution in [2.45, 2.75) is 19.0 Å². The number of urea groups is 1. The summed E-state index contributed by atoms with van der Waals surface area (Å²) in [6.07, 6.45) is 2.20. The Bertz CT molecular complexity index is 754. The van der Waals surface area contributed by atoms with E-state index >= 15 is 0 Å². The number of nitrogens with one attached hydrogen (secondary N) is 2. The fourth-order valence-corrected chi connectivity index (χ4v) is 4.51. The van der Waals surface area contributed by atoms with E-state index in [1.807, 2.05) is 16.8 Å². The molecule has 0 spiro atoms. The van der Waals surface area contributed by atoms with E-state index in [0.717, 1.165) is 5.69 Å². The first-order chi connectivity index (χ1) is 10.5. The standard InChI is InChI=1S/C12H15N5O3S2/c18-12(14-9-2-4-22(19,20)8-9)13-5-10-6-17(16-15-10)11-1-3-21-7-11/h1,3,6-7,9H,2,4-5,8H2,(H2,13,14,18). The monoisotopic (exact) mass is 341 g/mol. The van der Waals surface area contributed by atoms with E-state index in [1.165, 1.54) is 0 Å². The van der Waals surface area contributed by atoms with Gasteiger partial charge in [-0.3, -0.25) is 0 Å². The summed E-state index contributed by atoms with van der Waals surface area (Å²) in [7, 11) is -3.00. The normalized spacial score (nSPS) is 19.9. The molecule has 0 aliphatic carbocycles. The van der Waals surface area contributed by atoms with Crippen LogP contribution in [0, 0.1) is 0 Å². The van der Waals surface area contributed by atoms with Crippen LogP contribution in [0.2, 0.25) is 0 Å². The maximum absolute atomic E-state index is 11.7. The van der Waals surface area contributed by atoms with Gasteiger partial charge in [0.25, 0.3) is 0 Å². The molecule has 118 valence electrons. The van der Waals surface area contributed by atoms with Gasteiger partial charge in [0.2, 0.25) is 0 Å². The molecule has 8 nitrogen and oxygen atoms in total. The smallest absolute Gasteiger partial charge is 0.315 e. The van der Waals surface area contributed by atoms with Crippen LogP contribution < -0.4 is 10.6 Å². The van der Waals surface area contributed by atoms with Gasteiger partial charge in [-0.05, 0) is 17.9 Å². The molecule has 1 aliphatic rings. The molecule has 1 unspecified atom stereocenters. The van der Waals surface area contributed by atoms with E-state index in [4.69, 9.17) is 0 Å². The van der Waals surface area contributed by atoms with E-state index in [0.29, 0.717) is 12.1 Å². The van der Waals surface area contributed by atoms with Crippen LogP contribution in [0.3, 0.4) is 0 Å². The van der Waals surface area contributed by atoms with Crippen molar-refractivity contribution >= 4 is 27.2 Å². The second-order valence-corrected chi connectivity index (χ2v) is 8.07. The number of carbonyl (C=O) groups excluding carboxylic acids is 1. The van der Waals surface area contributed by atoms with Gasteiger partial charge in [-0.1, -0.05) is 5.21 Å². The van der Waals surface area contributed by atoms with Crippen LogP contribution in [-0.4, -0.2) is 47.0 Å². The van der Waals surface area contributed by atoms with Gasteiger partial charge in [0.1, 0.15) is 5.69 Å². The minimum Gasteiger partial charge on any atom is -0.334 e. The summed E-state index contributed by atoms with van der Waals surface area (Å²) in [6.45, 7) is 0.232. The van der Waals surface area contributed by atoms with Gasteiger partial charge in [-0.2, -0.15) is 11.3 Å². The van der Waals surface area contributed by atoms with Crippen LogP contribution in [-0.2, 0) is 16.4 Å². The van der Waals surface area contributed by atoms with Crippen molar-refractivity contribution in [3.63, 3.8) is 0 Å². The minimum absolute atomic E-state index is 0.00869. The summed E-state index contributed by atoms with van der Waals surface area (Å²) < 4.78 is 24.3. The van der Waals surface area contributed by atoms with Crippen LogP contribution >= 0.6 is 11.3 Å². The molecule has 1 saturated heterocycles. The number of amides is 2. The molecule has 0 aromatic carbocycles. The quantitative estimate of drug-likeness (QED) is 0.833. The molecule has 2 aromatic heterocycles. The van der Waals surface area contributed by atoms with Crippen molar-refractivity contribution in [1.82, 2.24) is 25.6 Å². The molecule has 1 fully saturated rings. The first-order valence-corrected chi connectivity index (χ1v) is 9.47. The number of sulfone groups is 1. The lowest BCUT2D eigenvalue weighted by Gasteiger charge is -2.11. The Morgan fingerprint density at radius 1 is 1.50 bits per heavy atom. The third-order valence-corrected chi connectivity index (χ3v) is 5.75. The Kier molecular flexibility index (Phi) is 4.12. The number of nitrogens with zero attached hydrogens (tertiary/aromatic N) is 3. The summed E-state index contributed by atoms with van der Waals surface area (Å²) in [5.74, 6) is 0.141. The summed E-state index contributed by atoms with van der Waals surface area (Å²) in [4.78, 5) is 11.7. The second-order valence-electron chi connectivity index (χ2n) is 5.06. The maximum Gasteiger partial charge on any atom is 0.315 e. The molecule has 22 heavy (non-hydrogen) atoms. The van der Waals surface area contributed by atoms with Gasteiger partial charge < -0.3 is 10.6 Å². The molecule has 1 atom stereocenters. The van der Waals surface area contributed by atoms with Crippen molar-refractivity contribution in [2.75, 3.05) is 11.5 Å². The van der Waals surface area contributed by atoms with Gasteiger partial charge in [-0.25, -0.2) is 17.9 Å². The maximum atomic E-state index is 11.7. The fourth-order valence-electron chi connectivity index (χ4n) is 2.21. The number of rotatable bonds is 4. The van der Waals surface area contributed by atoms with E-state index in [1.54, 1.807) is 22.2 Å². The predicted molar refractivity (Wildman–Crippen MR) is 81.7 cm³/mol. The highest BCUT2D eigenvalue weighted by molar-refractivity contribution is 7.91. The molecular formula is C12H15N5O3S2. The van der Waals surface area contributed by atoms with Gasteiger partial charge in [0, 0.05) is 11.4 Å². The molecule has 0 saturated carbocycles. The lowest BCUT2D eigenvalue weighted by atomic mass is 10.3. The molecule has 0 bridgehead atoms. The van der Waals surface area contributed by atoms with Gasteiger partial charge in [0.05, 0.1) is 29.9 Å². The van der Waals surface area contributed by atoms with Crippen molar-refractivity contribution in [1.29, 1.82) is 0 Å². The van der Waals surface area contributed by atoms with Crippen molar-refractivity contribution < 1.29 is 13.2 Å². The Balaban J connectivity index is 1.49. The van der Waals surface area contributed by atoms with E-state index in [2.05, 4.69) is 20.9 Å². The van der Waals surface area contributed by atoms with Gasteiger partial charge in [0.15, 0.2) is 9.84 Å². The average Bonchev–Trinajstić information content (AvgIpc) is 3.16. The highest BCUT2D eigenvalue weighted by Gasteiger charge is 2.28. The molecule has 2 amide bonds. The zero-order chi connectivity index (χ0) is 15.6. The van der Waals surface area contributed by atoms with Crippen LogP contribution in [0.25, 0.3) is 5.69 Å². The van der Waals surface area contributed by atoms with E-state index < -0.39 is 15.9 Å². The number of hydrogen-bond acceptors (Lipinski definition) is 6. The van der Waals surface area contributed by atoms with Crippen LogP contribution in [0.4, 0.5) is 4.79 Å². The number of thiophene rings is 1. The highest BCUT2D eigenvalue weighted by atomic mass is 32.2. The minimum atomic E-state index is -3.00. The Hall–Kier alpha value is -1.94. The highest BCUT2D eigenvalue weighted by Crippen LogP contribution is 2.12. The lowest BCUT2D eigenvalue weighted by Crippen LogP contribution is -2.42. The Morgan fingerprint density at radius 2 is 2.36 bits per heavy atom. The molecule has 2 aromatic rings. The topological polar surface area (TPSA) is 106 Å². The molecule has 3 rings (SSSR count). The first-order valence-electron chi connectivity index (χ1n) is 6.70. The van der Waals surface area contributed by atoms with Gasteiger partial charge in [-0.15, -0.1) is 5.10 Å². The van der Waals surface area contributed by atoms with Crippen molar-refractivity contribution in [3.8, 4) is 5.69 Å². The summed E-state index contributed by atoms with van der Waals surface area (Å²) in [5.41, 5.74) is 1.55. The molecule has 1 aliphatic heterocycles. The lowest BCUT2D eigenvalue weighted by molar-refractivity contribution is 0.237. The second kappa shape index (κ2) is 6.05. The third-order valence-electron chi connectivity index (χ3n) is 3.31. The molecule has 2 N–H and O–H groups in total. The Labute approximate surface area is 131 Å². The average molecular weight is 341 g/mol. The predicted octanol–water partition coefficient (Wildman–Crippen LogP) is 0.315. The summed E-state index contributed by atoms with van der Waals surface area (Å²) in [5, 5.41) is 17.2. The largest absolute Gasteiger partial charge is 0.334 e. The molecule has 3 heterocycles. The van der Waals surface area contributed by atoms with Crippen LogP contribution in [0.5, 0.6) is 0 Å². The third kappa shape index (κ3) is 3.63. The SMILES string of the molecule is O=C(NCc1cn(-c2ccsc2)nn1)NC1CCS(=O)(=O)C1. The zero-order valence-electron chi connectivity index (χ0n) is 11.6. The summed E-state index contributed by atoms with van der Waals surface area (Å²) in [6, 6.07) is 1.21. The molecule has 10 heteroatoms.